The number of carbonyl (C=O) groups is 1. The molecule has 4 unspecified atom stereocenters. The lowest BCUT2D eigenvalue weighted by atomic mass is 9.41. The quantitative estimate of drug-likeness (QED) is 0.574. The van der Waals surface area contributed by atoms with E-state index in [4.69, 9.17) is 4.74 Å². The molecular weight excluding hydrogens is 284 g/mol. The first-order valence-corrected chi connectivity index (χ1v) is 8.75. The van der Waals surface area contributed by atoms with Gasteiger partial charge in [-0.15, -0.1) is 0 Å². The Morgan fingerprint density at radius 1 is 1.17 bits per heavy atom. The number of carbonyl (C=O) groups excluding carboxylic acids is 1. The molecule has 2 aliphatic rings. The number of hydrogen-bond donors (Lipinski definition) is 0. The summed E-state index contributed by atoms with van der Waals surface area (Å²) in [6, 6.07) is 9.88. The Balaban J connectivity index is 1.67. The molecule has 124 valence electrons. The lowest BCUT2D eigenvalue weighted by Gasteiger charge is -2.65. The molecule has 2 saturated carbocycles. The first-order chi connectivity index (χ1) is 10.8. The van der Waals surface area contributed by atoms with Crippen LogP contribution in [0.2, 0.25) is 0 Å². The number of ether oxygens (including phenoxy) is 1. The predicted octanol–water partition coefficient (Wildman–Crippen LogP) is 5.09. The smallest absolute Gasteiger partial charge is 0.331 e. The van der Waals surface area contributed by atoms with E-state index >= 15 is 0 Å². The first-order valence-electron chi connectivity index (χ1n) is 8.75. The van der Waals surface area contributed by atoms with Crippen molar-refractivity contribution in [2.45, 2.75) is 53.1 Å². The fourth-order valence-corrected chi connectivity index (χ4v) is 5.14. The predicted molar refractivity (Wildman–Crippen MR) is 93.7 cm³/mol. The number of esters is 1. The van der Waals surface area contributed by atoms with Crippen molar-refractivity contribution in [1.29, 1.82) is 0 Å². The Morgan fingerprint density at radius 3 is 2.52 bits per heavy atom. The van der Waals surface area contributed by atoms with Gasteiger partial charge in [-0.3, -0.25) is 0 Å². The van der Waals surface area contributed by atoms with Crippen LogP contribution in [0, 0.1) is 22.7 Å². The average Bonchev–Trinajstić information content (AvgIpc) is 2.49. The maximum Gasteiger partial charge on any atom is 0.331 e. The van der Waals surface area contributed by atoms with Gasteiger partial charge in [0, 0.05) is 11.5 Å². The van der Waals surface area contributed by atoms with Gasteiger partial charge in [-0.1, -0.05) is 58.0 Å². The van der Waals surface area contributed by atoms with Crippen molar-refractivity contribution >= 4 is 12.0 Å². The maximum absolute atomic E-state index is 12.3. The van der Waals surface area contributed by atoms with E-state index in [1.165, 1.54) is 6.42 Å². The van der Waals surface area contributed by atoms with E-state index in [2.05, 4.69) is 27.7 Å². The number of fused-ring (bicyclic) bond motifs is 1. The number of benzene rings is 1. The maximum atomic E-state index is 12.3. The molecule has 2 fully saturated rings. The van der Waals surface area contributed by atoms with Gasteiger partial charge in [0.2, 0.25) is 0 Å². The highest BCUT2D eigenvalue weighted by atomic mass is 16.5. The molecule has 23 heavy (non-hydrogen) atoms. The summed E-state index contributed by atoms with van der Waals surface area (Å²) in [5.41, 5.74) is 1.57. The van der Waals surface area contributed by atoms with Crippen LogP contribution in [0.15, 0.2) is 36.4 Å². The van der Waals surface area contributed by atoms with Crippen LogP contribution >= 0.6 is 0 Å². The fraction of sp³-hybridized carbons (Fsp3) is 0.571. The van der Waals surface area contributed by atoms with Gasteiger partial charge >= 0.3 is 5.97 Å². The highest BCUT2D eigenvalue weighted by Gasteiger charge is 2.62. The van der Waals surface area contributed by atoms with Crippen molar-refractivity contribution in [3.63, 3.8) is 0 Å². The molecule has 0 aliphatic heterocycles. The summed E-state index contributed by atoms with van der Waals surface area (Å²) in [5.74, 6) is 1.08. The van der Waals surface area contributed by atoms with Gasteiger partial charge in [0.1, 0.15) is 6.10 Å². The fourth-order valence-electron chi connectivity index (χ4n) is 5.14. The highest BCUT2D eigenvalue weighted by Crippen LogP contribution is 2.66. The molecule has 2 heteroatoms. The molecule has 1 aromatic rings. The standard InChI is InChI=1S/C21H28O2/c1-15-12-17-20(2,3)14-21(17,4)18(13-15)23-19(22)11-10-16-8-6-5-7-9-16/h5-11,15,17-18H,12-14H2,1-4H3. The molecule has 3 rings (SSSR count). The second-order valence-electron chi connectivity index (χ2n) is 8.47. The van der Waals surface area contributed by atoms with Crippen LogP contribution < -0.4 is 0 Å². The molecule has 0 aromatic heterocycles. The molecular formula is C21H28O2. The van der Waals surface area contributed by atoms with E-state index in [-0.39, 0.29) is 17.5 Å². The largest absolute Gasteiger partial charge is 0.459 e. The third-order valence-electron chi connectivity index (χ3n) is 6.04. The summed E-state index contributed by atoms with van der Waals surface area (Å²) in [6.45, 7) is 9.31. The molecule has 2 aliphatic carbocycles. The van der Waals surface area contributed by atoms with Crippen LogP contribution in [0.1, 0.15) is 52.5 Å². The van der Waals surface area contributed by atoms with Crippen LogP contribution in [0.5, 0.6) is 0 Å². The summed E-state index contributed by atoms with van der Waals surface area (Å²) in [4.78, 5) is 12.3. The number of hydrogen-bond acceptors (Lipinski definition) is 2. The topological polar surface area (TPSA) is 26.3 Å². The van der Waals surface area contributed by atoms with Gasteiger partial charge < -0.3 is 4.74 Å². The van der Waals surface area contributed by atoms with E-state index in [1.54, 1.807) is 6.08 Å². The Morgan fingerprint density at radius 2 is 1.87 bits per heavy atom. The highest BCUT2D eigenvalue weighted by molar-refractivity contribution is 5.87. The van der Waals surface area contributed by atoms with Gasteiger partial charge in [0.25, 0.3) is 0 Å². The van der Waals surface area contributed by atoms with E-state index in [0.29, 0.717) is 17.3 Å². The average molecular weight is 312 g/mol. The first kappa shape index (κ1) is 16.3. The second kappa shape index (κ2) is 5.81. The minimum Gasteiger partial charge on any atom is -0.459 e. The Hall–Kier alpha value is -1.57. The molecule has 2 nitrogen and oxygen atoms in total. The zero-order valence-electron chi connectivity index (χ0n) is 14.7. The SMILES string of the molecule is CC1CC(OC(=O)C=Cc2ccccc2)C2(C)CC(C)(C)C2C1. The van der Waals surface area contributed by atoms with Crippen LogP contribution in [-0.2, 0) is 9.53 Å². The van der Waals surface area contributed by atoms with E-state index in [1.807, 2.05) is 36.4 Å². The third kappa shape index (κ3) is 3.08. The minimum atomic E-state index is -0.211. The van der Waals surface area contributed by atoms with Crippen LogP contribution in [0.3, 0.4) is 0 Å². The molecule has 0 saturated heterocycles. The van der Waals surface area contributed by atoms with Crippen molar-refractivity contribution in [1.82, 2.24) is 0 Å². The number of rotatable bonds is 3. The van der Waals surface area contributed by atoms with Crippen molar-refractivity contribution in [3.8, 4) is 0 Å². The van der Waals surface area contributed by atoms with Crippen molar-refractivity contribution < 1.29 is 9.53 Å². The van der Waals surface area contributed by atoms with E-state index in [9.17, 15) is 4.79 Å². The molecule has 1 aromatic carbocycles. The van der Waals surface area contributed by atoms with Gasteiger partial charge in [-0.2, -0.15) is 0 Å². The normalized spacial score (nSPS) is 35.4. The lowest BCUT2D eigenvalue weighted by Crippen LogP contribution is -2.61. The van der Waals surface area contributed by atoms with Crippen LogP contribution in [0.25, 0.3) is 6.08 Å². The molecule has 4 atom stereocenters. The molecule has 0 heterocycles. The molecule has 0 amide bonds. The van der Waals surface area contributed by atoms with Crippen LogP contribution in [0.4, 0.5) is 0 Å². The van der Waals surface area contributed by atoms with E-state index in [0.717, 1.165) is 18.4 Å². The third-order valence-corrected chi connectivity index (χ3v) is 6.04. The second-order valence-corrected chi connectivity index (χ2v) is 8.47. The van der Waals surface area contributed by atoms with Crippen LogP contribution in [-0.4, -0.2) is 12.1 Å². The summed E-state index contributed by atoms with van der Waals surface area (Å²) in [7, 11) is 0. The molecule has 0 radical (unpaired) electrons. The molecule has 0 spiro atoms. The van der Waals surface area contributed by atoms with E-state index < -0.39 is 0 Å². The summed E-state index contributed by atoms with van der Waals surface area (Å²) >= 11 is 0. The lowest BCUT2D eigenvalue weighted by molar-refractivity contribution is -0.212. The van der Waals surface area contributed by atoms with Gasteiger partial charge in [0.15, 0.2) is 0 Å². The van der Waals surface area contributed by atoms with Crippen molar-refractivity contribution in [2.75, 3.05) is 0 Å². The molecule has 0 bridgehead atoms. The summed E-state index contributed by atoms with van der Waals surface area (Å²) in [5, 5.41) is 0. The Kier molecular flexibility index (Phi) is 4.12. The summed E-state index contributed by atoms with van der Waals surface area (Å²) in [6.07, 6.45) is 6.86. The zero-order valence-corrected chi connectivity index (χ0v) is 14.7. The monoisotopic (exact) mass is 312 g/mol. The molecule has 0 N–H and O–H groups in total. The van der Waals surface area contributed by atoms with Crippen molar-refractivity contribution in [2.24, 2.45) is 22.7 Å². The van der Waals surface area contributed by atoms with Gasteiger partial charge in [0.05, 0.1) is 0 Å². The Bertz CT molecular complexity index is 602. The van der Waals surface area contributed by atoms with Gasteiger partial charge in [-0.05, 0) is 48.2 Å². The summed E-state index contributed by atoms with van der Waals surface area (Å²) < 4.78 is 5.89. The zero-order chi connectivity index (χ0) is 16.7. The van der Waals surface area contributed by atoms with Gasteiger partial charge in [-0.25, -0.2) is 4.79 Å². The minimum absolute atomic E-state index is 0.0530. The van der Waals surface area contributed by atoms with Crippen molar-refractivity contribution in [3.05, 3.63) is 42.0 Å². The Labute approximate surface area is 139 Å².